The monoisotopic (exact) mass is 260 g/mol. The Morgan fingerprint density at radius 2 is 1.67 bits per heavy atom. The second-order valence-corrected chi connectivity index (χ2v) is 4.22. The first-order valence-corrected chi connectivity index (χ1v) is 5.84. The summed E-state index contributed by atoms with van der Waals surface area (Å²) in [6.07, 6.45) is -0.131. The first-order valence-electron chi connectivity index (χ1n) is 5.46. The van der Waals surface area contributed by atoms with Crippen LogP contribution in [0.2, 0.25) is 5.02 Å². The van der Waals surface area contributed by atoms with Gasteiger partial charge in [-0.05, 0) is 23.8 Å². The quantitative estimate of drug-likeness (QED) is 0.918. The molecule has 0 aliphatic rings. The number of carbonyl (C=O) groups is 1. The lowest BCUT2D eigenvalue weighted by atomic mass is 10.1. The molecule has 0 saturated heterocycles. The topological polar surface area (TPSA) is 52.2 Å². The summed E-state index contributed by atoms with van der Waals surface area (Å²) in [6, 6.07) is 14.5. The van der Waals surface area contributed by atoms with Gasteiger partial charge in [-0.1, -0.05) is 41.9 Å². The predicted octanol–water partition coefficient (Wildman–Crippen LogP) is 2.38. The predicted molar refractivity (Wildman–Crippen MR) is 69.9 cm³/mol. The number of hydrogen-bond acceptors (Lipinski definition) is 3. The van der Waals surface area contributed by atoms with E-state index in [0.29, 0.717) is 10.6 Å². The maximum Gasteiger partial charge on any atom is 0.0640 e. The average molecular weight is 261 g/mol. The molecule has 0 bridgehead atoms. The highest BCUT2D eigenvalue weighted by molar-refractivity contribution is 6.33. The second-order valence-electron chi connectivity index (χ2n) is 3.81. The molecule has 4 heteroatoms. The third-order valence-electron chi connectivity index (χ3n) is 2.50. The molecule has 0 aliphatic heterocycles. The van der Waals surface area contributed by atoms with Gasteiger partial charge in [0.05, 0.1) is 10.7 Å². The van der Waals surface area contributed by atoms with Crippen LogP contribution in [0.3, 0.4) is 0 Å². The summed E-state index contributed by atoms with van der Waals surface area (Å²) in [5, 5.41) is 14.4. The standard InChI is InChI=1S/C14H12ClNO2/c15-11-6-2-4-8-13(11)16-12-7-3-1-5-10(12)9-14(17)18/h1-8,16H,9H2,(H,17,18)/p-1. The van der Waals surface area contributed by atoms with Crippen LogP contribution in [-0.2, 0) is 11.2 Å². The number of carboxylic acids is 1. The summed E-state index contributed by atoms with van der Waals surface area (Å²) < 4.78 is 0. The number of nitrogens with one attached hydrogen (secondary N) is 1. The minimum Gasteiger partial charge on any atom is -0.550 e. The van der Waals surface area contributed by atoms with E-state index in [1.807, 2.05) is 30.3 Å². The van der Waals surface area contributed by atoms with Crippen molar-refractivity contribution in [3.8, 4) is 0 Å². The van der Waals surface area contributed by atoms with Crippen molar-refractivity contribution in [1.82, 2.24) is 0 Å². The highest BCUT2D eigenvalue weighted by atomic mass is 35.5. The number of hydrogen-bond donors (Lipinski definition) is 1. The number of anilines is 2. The molecule has 2 rings (SSSR count). The Morgan fingerprint density at radius 1 is 1.06 bits per heavy atom. The van der Waals surface area contributed by atoms with Crippen molar-refractivity contribution in [3.05, 3.63) is 59.1 Å². The Labute approximate surface area is 110 Å². The smallest absolute Gasteiger partial charge is 0.0640 e. The zero-order valence-corrected chi connectivity index (χ0v) is 10.3. The molecule has 92 valence electrons. The molecule has 0 saturated carbocycles. The first kappa shape index (κ1) is 12.5. The number of benzene rings is 2. The largest absolute Gasteiger partial charge is 0.550 e. The summed E-state index contributed by atoms with van der Waals surface area (Å²) in [7, 11) is 0. The minimum absolute atomic E-state index is 0.131. The van der Waals surface area contributed by atoms with E-state index in [9.17, 15) is 9.90 Å². The fraction of sp³-hybridized carbons (Fsp3) is 0.0714. The molecule has 1 N–H and O–H groups in total. The summed E-state index contributed by atoms with van der Waals surface area (Å²) in [4.78, 5) is 10.7. The number of aliphatic carboxylic acids is 1. The van der Waals surface area contributed by atoms with Crippen molar-refractivity contribution in [2.24, 2.45) is 0 Å². The van der Waals surface area contributed by atoms with Crippen LogP contribution in [0, 0.1) is 0 Å². The number of halogens is 1. The Hall–Kier alpha value is -2.00. The van der Waals surface area contributed by atoms with Crippen molar-refractivity contribution in [2.45, 2.75) is 6.42 Å². The van der Waals surface area contributed by atoms with Gasteiger partial charge in [-0.3, -0.25) is 0 Å². The van der Waals surface area contributed by atoms with E-state index in [1.54, 1.807) is 18.2 Å². The summed E-state index contributed by atoms with van der Waals surface area (Å²) in [5.41, 5.74) is 2.12. The molecule has 0 aromatic heterocycles. The maximum absolute atomic E-state index is 10.7. The lowest BCUT2D eigenvalue weighted by molar-refractivity contribution is -0.304. The lowest BCUT2D eigenvalue weighted by Crippen LogP contribution is -2.24. The van der Waals surface area contributed by atoms with E-state index in [2.05, 4.69) is 5.32 Å². The van der Waals surface area contributed by atoms with Gasteiger partial charge in [0.1, 0.15) is 0 Å². The van der Waals surface area contributed by atoms with Crippen LogP contribution in [0.4, 0.5) is 11.4 Å². The van der Waals surface area contributed by atoms with Crippen LogP contribution in [0.15, 0.2) is 48.5 Å². The van der Waals surface area contributed by atoms with Crippen LogP contribution in [0.25, 0.3) is 0 Å². The summed E-state index contributed by atoms with van der Waals surface area (Å²) in [6.45, 7) is 0. The van der Waals surface area contributed by atoms with Gasteiger partial charge in [-0.15, -0.1) is 0 Å². The van der Waals surface area contributed by atoms with Crippen LogP contribution >= 0.6 is 11.6 Å². The second kappa shape index (κ2) is 5.56. The number of carbonyl (C=O) groups excluding carboxylic acids is 1. The zero-order chi connectivity index (χ0) is 13.0. The van der Waals surface area contributed by atoms with Gasteiger partial charge in [0.15, 0.2) is 0 Å². The fourth-order valence-electron chi connectivity index (χ4n) is 1.66. The maximum atomic E-state index is 10.7. The normalized spacial score (nSPS) is 10.1. The van der Waals surface area contributed by atoms with Crippen molar-refractivity contribution in [1.29, 1.82) is 0 Å². The van der Waals surface area contributed by atoms with Gasteiger partial charge in [-0.2, -0.15) is 0 Å². The Balaban J connectivity index is 2.29. The third kappa shape index (κ3) is 3.02. The fourth-order valence-corrected chi connectivity index (χ4v) is 1.84. The molecule has 0 amide bonds. The average Bonchev–Trinajstić information content (AvgIpc) is 2.34. The molecule has 0 radical (unpaired) electrons. The molecule has 2 aromatic rings. The van der Waals surface area contributed by atoms with E-state index in [0.717, 1.165) is 11.4 Å². The van der Waals surface area contributed by atoms with E-state index in [4.69, 9.17) is 11.6 Å². The lowest BCUT2D eigenvalue weighted by Gasteiger charge is -2.13. The molecular weight excluding hydrogens is 250 g/mol. The van der Waals surface area contributed by atoms with Gasteiger partial charge in [0, 0.05) is 18.1 Å². The first-order chi connectivity index (χ1) is 8.66. The Bertz CT molecular complexity index is 569. The van der Waals surface area contributed by atoms with Crippen LogP contribution < -0.4 is 10.4 Å². The van der Waals surface area contributed by atoms with Crippen LogP contribution in [0.1, 0.15) is 5.56 Å². The van der Waals surface area contributed by atoms with Gasteiger partial charge < -0.3 is 15.2 Å². The highest BCUT2D eigenvalue weighted by Crippen LogP contribution is 2.26. The zero-order valence-electron chi connectivity index (χ0n) is 9.52. The molecule has 0 heterocycles. The molecule has 2 aromatic carbocycles. The number of para-hydroxylation sites is 2. The molecule has 0 aliphatic carbocycles. The van der Waals surface area contributed by atoms with E-state index in [1.165, 1.54) is 0 Å². The molecule has 18 heavy (non-hydrogen) atoms. The van der Waals surface area contributed by atoms with Gasteiger partial charge in [0.25, 0.3) is 0 Å². The van der Waals surface area contributed by atoms with Crippen LogP contribution in [-0.4, -0.2) is 5.97 Å². The number of rotatable bonds is 4. The Kier molecular flexibility index (Phi) is 3.85. The van der Waals surface area contributed by atoms with Crippen molar-refractivity contribution in [2.75, 3.05) is 5.32 Å². The van der Waals surface area contributed by atoms with Crippen molar-refractivity contribution < 1.29 is 9.90 Å². The summed E-state index contributed by atoms with van der Waals surface area (Å²) in [5.74, 6) is -1.11. The third-order valence-corrected chi connectivity index (χ3v) is 2.82. The van der Waals surface area contributed by atoms with Crippen LogP contribution in [0.5, 0.6) is 0 Å². The van der Waals surface area contributed by atoms with Gasteiger partial charge >= 0.3 is 0 Å². The molecule has 3 nitrogen and oxygen atoms in total. The van der Waals surface area contributed by atoms with Crippen molar-refractivity contribution in [3.63, 3.8) is 0 Å². The van der Waals surface area contributed by atoms with E-state index < -0.39 is 5.97 Å². The molecule has 0 atom stereocenters. The van der Waals surface area contributed by atoms with Gasteiger partial charge in [0.2, 0.25) is 0 Å². The van der Waals surface area contributed by atoms with E-state index >= 15 is 0 Å². The molecule has 0 unspecified atom stereocenters. The van der Waals surface area contributed by atoms with Crippen molar-refractivity contribution >= 4 is 28.9 Å². The molecular formula is C14H11ClNO2-. The minimum atomic E-state index is -1.11. The Morgan fingerprint density at radius 3 is 2.33 bits per heavy atom. The summed E-state index contributed by atoms with van der Waals surface area (Å²) >= 11 is 6.04. The SMILES string of the molecule is O=C([O-])Cc1ccccc1Nc1ccccc1Cl. The molecule has 0 fully saturated rings. The molecule has 0 spiro atoms. The van der Waals surface area contributed by atoms with E-state index in [-0.39, 0.29) is 6.42 Å². The highest BCUT2D eigenvalue weighted by Gasteiger charge is 2.04. The van der Waals surface area contributed by atoms with Gasteiger partial charge in [-0.25, -0.2) is 0 Å². The number of carboxylic acid groups (broad SMARTS) is 1.